The summed E-state index contributed by atoms with van der Waals surface area (Å²) >= 11 is 0. The Hall–Kier alpha value is -1.35. The average Bonchev–Trinajstić information content (AvgIpc) is 2.74. The second-order valence-corrected chi connectivity index (χ2v) is 4.39. The molecule has 0 aromatic heterocycles. The van der Waals surface area contributed by atoms with Crippen molar-refractivity contribution < 1.29 is 4.79 Å². The number of anilines is 1. The van der Waals surface area contributed by atoms with Gasteiger partial charge in [0.2, 0.25) is 5.91 Å². The lowest BCUT2D eigenvalue weighted by atomic mass is 9.89. The maximum atomic E-state index is 12.1. The Balaban J connectivity index is 2.21. The third kappa shape index (κ3) is 0.960. The quantitative estimate of drug-likeness (QED) is 0.692. The Kier molecular flexibility index (Phi) is 1.68. The Morgan fingerprint density at radius 3 is 2.93 bits per heavy atom. The Bertz CT molecular complexity index is 429. The molecule has 1 atom stereocenters. The van der Waals surface area contributed by atoms with Crippen molar-refractivity contribution in [1.29, 1.82) is 0 Å². The van der Waals surface area contributed by atoms with Crippen LogP contribution in [-0.2, 0) is 10.3 Å². The Morgan fingerprint density at radius 1 is 1.40 bits per heavy atom. The molecule has 2 aliphatic heterocycles. The number of fused-ring (bicyclic) bond motifs is 2. The minimum Gasteiger partial charge on any atom is -0.324 e. The van der Waals surface area contributed by atoms with Gasteiger partial charge in [0.25, 0.3) is 0 Å². The van der Waals surface area contributed by atoms with Crippen LogP contribution in [0.5, 0.6) is 0 Å². The van der Waals surface area contributed by atoms with Crippen LogP contribution in [-0.4, -0.2) is 24.4 Å². The van der Waals surface area contributed by atoms with E-state index in [1.165, 1.54) is 0 Å². The topological polar surface area (TPSA) is 32.3 Å². The van der Waals surface area contributed by atoms with Crippen molar-refractivity contribution in [2.45, 2.75) is 18.4 Å². The van der Waals surface area contributed by atoms with Gasteiger partial charge in [-0.2, -0.15) is 0 Å². The minimum absolute atomic E-state index is 0.142. The number of benzene rings is 1. The van der Waals surface area contributed by atoms with E-state index in [9.17, 15) is 4.79 Å². The molecule has 1 aromatic carbocycles. The van der Waals surface area contributed by atoms with Crippen LogP contribution in [0, 0.1) is 0 Å². The largest absolute Gasteiger partial charge is 0.324 e. The third-order valence-electron chi connectivity index (χ3n) is 3.68. The molecular weight excluding hydrogens is 188 g/mol. The number of likely N-dealkylation sites (tertiary alicyclic amines) is 1. The molecule has 1 spiro atoms. The molecule has 0 saturated carbocycles. The highest BCUT2D eigenvalue weighted by atomic mass is 16.2. The molecule has 3 nitrogen and oxygen atoms in total. The van der Waals surface area contributed by atoms with E-state index >= 15 is 0 Å². The third-order valence-corrected chi connectivity index (χ3v) is 3.68. The predicted molar refractivity (Wildman–Crippen MR) is 58.6 cm³/mol. The van der Waals surface area contributed by atoms with Crippen molar-refractivity contribution in [2.75, 3.05) is 18.9 Å². The van der Waals surface area contributed by atoms with Crippen LogP contribution in [0.25, 0.3) is 0 Å². The van der Waals surface area contributed by atoms with Gasteiger partial charge in [-0.05, 0) is 32.5 Å². The fraction of sp³-hybridized carbons (Fsp3) is 0.417. The van der Waals surface area contributed by atoms with E-state index in [1.54, 1.807) is 0 Å². The number of nitrogens with zero attached hydrogens (tertiary/aromatic N) is 1. The molecule has 1 fully saturated rings. The van der Waals surface area contributed by atoms with E-state index in [2.05, 4.69) is 16.3 Å². The molecule has 1 unspecified atom stereocenters. The summed E-state index contributed by atoms with van der Waals surface area (Å²) in [7, 11) is 2.04. The van der Waals surface area contributed by atoms with Gasteiger partial charge in [0.05, 0.1) is 0 Å². The van der Waals surface area contributed by atoms with Gasteiger partial charge in [-0.15, -0.1) is 0 Å². The lowest BCUT2D eigenvalue weighted by Crippen LogP contribution is -2.44. The summed E-state index contributed by atoms with van der Waals surface area (Å²) in [6, 6.07) is 8.02. The number of hydrogen-bond acceptors (Lipinski definition) is 2. The number of para-hydroxylation sites is 1. The molecule has 2 heterocycles. The normalized spacial score (nSPS) is 29.5. The van der Waals surface area contributed by atoms with E-state index in [-0.39, 0.29) is 11.4 Å². The first kappa shape index (κ1) is 8.92. The Labute approximate surface area is 89.1 Å². The number of carbonyl (C=O) groups excluding carboxylic acids is 1. The summed E-state index contributed by atoms with van der Waals surface area (Å²) in [6.45, 7) is 1.00. The maximum absolute atomic E-state index is 12.1. The van der Waals surface area contributed by atoms with Crippen molar-refractivity contribution in [3.8, 4) is 0 Å². The van der Waals surface area contributed by atoms with Gasteiger partial charge in [-0.3, -0.25) is 9.69 Å². The first-order valence-electron chi connectivity index (χ1n) is 5.37. The lowest BCUT2D eigenvalue weighted by molar-refractivity contribution is -0.125. The van der Waals surface area contributed by atoms with Gasteiger partial charge in [0.15, 0.2) is 0 Å². The number of hydrogen-bond donors (Lipinski definition) is 1. The smallest absolute Gasteiger partial charge is 0.249 e. The molecule has 3 rings (SSSR count). The van der Waals surface area contributed by atoms with Crippen LogP contribution in [0.4, 0.5) is 5.69 Å². The van der Waals surface area contributed by atoms with E-state index in [0.717, 1.165) is 30.6 Å². The molecule has 2 aliphatic rings. The molecule has 1 aromatic rings. The number of nitrogens with one attached hydrogen (secondary N) is 1. The molecule has 78 valence electrons. The predicted octanol–water partition coefficient (Wildman–Crippen LogP) is 1.56. The number of amides is 1. The van der Waals surface area contributed by atoms with E-state index in [4.69, 9.17) is 0 Å². The average molecular weight is 202 g/mol. The zero-order valence-corrected chi connectivity index (χ0v) is 8.79. The van der Waals surface area contributed by atoms with Gasteiger partial charge in [-0.25, -0.2) is 0 Å². The molecule has 3 heteroatoms. The SMILES string of the molecule is CN1CCCC12C(=O)Nc1ccccc12. The highest BCUT2D eigenvalue weighted by Gasteiger charge is 2.51. The van der Waals surface area contributed by atoms with Crippen LogP contribution >= 0.6 is 0 Å². The molecular formula is C12H14N2O. The van der Waals surface area contributed by atoms with Crippen molar-refractivity contribution in [1.82, 2.24) is 4.90 Å². The molecule has 0 bridgehead atoms. The maximum Gasteiger partial charge on any atom is 0.249 e. The fourth-order valence-corrected chi connectivity index (χ4v) is 2.88. The second kappa shape index (κ2) is 2.83. The summed E-state index contributed by atoms with van der Waals surface area (Å²) in [5, 5.41) is 2.98. The summed E-state index contributed by atoms with van der Waals surface area (Å²) < 4.78 is 0. The van der Waals surface area contributed by atoms with Crippen molar-refractivity contribution >= 4 is 11.6 Å². The highest BCUT2D eigenvalue weighted by molar-refractivity contribution is 6.06. The van der Waals surface area contributed by atoms with Gasteiger partial charge in [0.1, 0.15) is 5.54 Å². The summed E-state index contributed by atoms with van der Waals surface area (Å²) in [4.78, 5) is 14.3. The number of rotatable bonds is 0. The van der Waals surface area contributed by atoms with Crippen molar-refractivity contribution in [3.05, 3.63) is 29.8 Å². The van der Waals surface area contributed by atoms with Crippen LogP contribution < -0.4 is 5.32 Å². The lowest BCUT2D eigenvalue weighted by Gasteiger charge is -2.29. The van der Waals surface area contributed by atoms with Crippen LogP contribution in [0.3, 0.4) is 0 Å². The molecule has 0 radical (unpaired) electrons. The Morgan fingerprint density at radius 2 is 2.20 bits per heavy atom. The van der Waals surface area contributed by atoms with Gasteiger partial charge >= 0.3 is 0 Å². The van der Waals surface area contributed by atoms with Crippen LogP contribution in [0.15, 0.2) is 24.3 Å². The van der Waals surface area contributed by atoms with E-state index in [1.807, 2.05) is 25.2 Å². The monoisotopic (exact) mass is 202 g/mol. The molecule has 1 N–H and O–H groups in total. The summed E-state index contributed by atoms with van der Waals surface area (Å²) in [6.07, 6.45) is 2.03. The molecule has 1 amide bonds. The fourth-order valence-electron chi connectivity index (χ4n) is 2.88. The number of likely N-dealkylation sites (N-methyl/N-ethyl adjacent to an activating group) is 1. The molecule has 0 aliphatic carbocycles. The second-order valence-electron chi connectivity index (χ2n) is 4.39. The van der Waals surface area contributed by atoms with E-state index in [0.29, 0.717) is 0 Å². The van der Waals surface area contributed by atoms with E-state index < -0.39 is 0 Å². The zero-order valence-electron chi connectivity index (χ0n) is 8.79. The molecule has 1 saturated heterocycles. The van der Waals surface area contributed by atoms with Crippen molar-refractivity contribution in [3.63, 3.8) is 0 Å². The highest BCUT2D eigenvalue weighted by Crippen LogP contribution is 2.45. The first-order valence-corrected chi connectivity index (χ1v) is 5.37. The summed E-state index contributed by atoms with van der Waals surface area (Å²) in [5.74, 6) is 0.142. The van der Waals surface area contributed by atoms with Crippen molar-refractivity contribution in [2.24, 2.45) is 0 Å². The number of carbonyl (C=O) groups is 1. The molecule has 15 heavy (non-hydrogen) atoms. The zero-order chi connectivity index (χ0) is 10.5. The summed E-state index contributed by atoms with van der Waals surface area (Å²) in [5.41, 5.74) is 1.75. The van der Waals surface area contributed by atoms with Gasteiger partial charge < -0.3 is 5.32 Å². The van der Waals surface area contributed by atoms with Gasteiger partial charge in [-0.1, -0.05) is 18.2 Å². The standard InChI is InChI=1S/C12H14N2O/c1-14-8-4-7-12(14)9-5-2-3-6-10(9)13-11(12)15/h2-3,5-6H,4,7-8H2,1H3,(H,13,15). The first-order chi connectivity index (χ1) is 7.25. The van der Waals surface area contributed by atoms with Crippen LogP contribution in [0.2, 0.25) is 0 Å². The minimum atomic E-state index is -0.378. The van der Waals surface area contributed by atoms with Crippen LogP contribution in [0.1, 0.15) is 18.4 Å². The van der Waals surface area contributed by atoms with Gasteiger partial charge in [0, 0.05) is 11.3 Å².